The van der Waals surface area contributed by atoms with Gasteiger partial charge in [-0.15, -0.1) is 11.6 Å². The van der Waals surface area contributed by atoms with Crippen molar-refractivity contribution >= 4 is 33.5 Å². The quantitative estimate of drug-likeness (QED) is 0.629. The lowest BCUT2D eigenvalue weighted by Crippen LogP contribution is -2.02. The molecule has 0 aliphatic carbocycles. The maximum Gasteiger partial charge on any atom is 0.374 e. The van der Waals surface area contributed by atoms with Gasteiger partial charge in [-0.3, -0.25) is 0 Å². The normalized spacial score (nSPS) is 10.2. The molecule has 5 heteroatoms. The van der Waals surface area contributed by atoms with Crippen molar-refractivity contribution < 1.29 is 13.9 Å². The number of rotatable bonds is 4. The summed E-state index contributed by atoms with van der Waals surface area (Å²) in [6.07, 6.45) is 0. The summed E-state index contributed by atoms with van der Waals surface area (Å²) in [4.78, 5) is 11.3. The molecular weight excluding hydrogens is 271 g/mol. The molecule has 0 aliphatic rings. The van der Waals surface area contributed by atoms with Gasteiger partial charge in [-0.25, -0.2) is 4.79 Å². The highest BCUT2D eigenvalue weighted by Gasteiger charge is 2.16. The van der Waals surface area contributed by atoms with Crippen molar-refractivity contribution in [2.75, 3.05) is 6.61 Å². The van der Waals surface area contributed by atoms with Crippen LogP contribution in [-0.4, -0.2) is 12.6 Å². The number of ether oxygens (including phenoxy) is 1. The third-order valence-corrected chi connectivity index (χ3v) is 2.44. The van der Waals surface area contributed by atoms with Crippen molar-refractivity contribution in [3.63, 3.8) is 0 Å². The molecule has 78 valence electrons. The van der Waals surface area contributed by atoms with Crippen molar-refractivity contribution in [2.45, 2.75) is 18.1 Å². The van der Waals surface area contributed by atoms with Crippen LogP contribution in [0.2, 0.25) is 0 Å². The number of carbonyl (C=O) groups excluding carboxylic acids is 1. The molecule has 0 aliphatic heterocycles. The van der Waals surface area contributed by atoms with Gasteiger partial charge < -0.3 is 9.15 Å². The van der Waals surface area contributed by atoms with Crippen molar-refractivity contribution in [1.82, 2.24) is 0 Å². The third kappa shape index (κ3) is 2.51. The summed E-state index contributed by atoms with van der Waals surface area (Å²) >= 11 is 8.92. The van der Waals surface area contributed by atoms with Gasteiger partial charge in [0.15, 0.2) is 0 Å². The fourth-order valence-corrected chi connectivity index (χ4v) is 1.70. The van der Waals surface area contributed by atoms with Crippen LogP contribution in [0.5, 0.6) is 0 Å². The zero-order valence-electron chi connectivity index (χ0n) is 7.68. The Morgan fingerprint density at radius 3 is 2.86 bits per heavy atom. The number of furan rings is 1. The summed E-state index contributed by atoms with van der Waals surface area (Å²) in [7, 11) is 0. The first kappa shape index (κ1) is 11.6. The molecule has 0 saturated heterocycles. The molecule has 1 aromatic heterocycles. The van der Waals surface area contributed by atoms with Gasteiger partial charge in [0.05, 0.1) is 17.8 Å². The zero-order valence-corrected chi connectivity index (χ0v) is 10.0. The van der Waals surface area contributed by atoms with Crippen molar-refractivity contribution in [3.05, 3.63) is 23.2 Å². The smallest absolute Gasteiger partial charge is 0.374 e. The molecule has 0 saturated carbocycles. The largest absolute Gasteiger partial charge is 0.460 e. The molecule has 14 heavy (non-hydrogen) atoms. The van der Waals surface area contributed by atoms with Crippen LogP contribution in [0.3, 0.4) is 0 Å². The number of carbonyl (C=O) groups is 1. The van der Waals surface area contributed by atoms with E-state index in [0.29, 0.717) is 23.6 Å². The van der Waals surface area contributed by atoms with Crippen molar-refractivity contribution in [3.8, 4) is 0 Å². The molecule has 0 aromatic carbocycles. The van der Waals surface area contributed by atoms with Crippen LogP contribution >= 0.6 is 27.5 Å². The Hall–Kier alpha value is -0.480. The van der Waals surface area contributed by atoms with E-state index in [2.05, 4.69) is 15.9 Å². The van der Waals surface area contributed by atoms with Gasteiger partial charge in [-0.2, -0.15) is 0 Å². The minimum atomic E-state index is -0.453. The second-order valence-electron chi connectivity index (χ2n) is 2.55. The topological polar surface area (TPSA) is 39.4 Å². The van der Waals surface area contributed by atoms with E-state index < -0.39 is 5.97 Å². The summed E-state index contributed by atoms with van der Waals surface area (Å²) in [5.74, 6) is 0.746. The fraction of sp³-hybridized carbons (Fsp3) is 0.444. The monoisotopic (exact) mass is 280 g/mol. The van der Waals surface area contributed by atoms with Crippen molar-refractivity contribution in [1.29, 1.82) is 0 Å². The highest BCUT2D eigenvalue weighted by molar-refractivity contribution is 9.08. The first-order valence-electron chi connectivity index (χ1n) is 4.13. The molecule has 3 nitrogen and oxygen atoms in total. The Bertz CT molecular complexity index is 300. The lowest BCUT2D eigenvalue weighted by Gasteiger charge is -1.96. The summed E-state index contributed by atoms with van der Waals surface area (Å²) in [6.45, 7) is 2.08. The predicted molar refractivity (Wildman–Crippen MR) is 56.9 cm³/mol. The maximum absolute atomic E-state index is 11.3. The van der Waals surface area contributed by atoms with Crippen LogP contribution in [0.4, 0.5) is 0 Å². The predicted octanol–water partition coefficient (Wildman–Crippen LogP) is 3.09. The molecule has 0 N–H and O–H groups in total. The summed E-state index contributed by atoms with van der Waals surface area (Å²) < 4.78 is 10.1. The van der Waals surface area contributed by atoms with Gasteiger partial charge in [0.25, 0.3) is 0 Å². The number of esters is 1. The van der Waals surface area contributed by atoms with Gasteiger partial charge in [-0.05, 0) is 13.0 Å². The zero-order chi connectivity index (χ0) is 10.6. The molecule has 0 atom stereocenters. The van der Waals surface area contributed by atoms with E-state index >= 15 is 0 Å². The number of hydrogen-bond acceptors (Lipinski definition) is 3. The van der Waals surface area contributed by atoms with Gasteiger partial charge in [0.1, 0.15) is 5.76 Å². The molecule has 0 bridgehead atoms. The number of hydrogen-bond donors (Lipinski definition) is 0. The second kappa shape index (κ2) is 5.41. The fourth-order valence-electron chi connectivity index (χ4n) is 0.995. The van der Waals surface area contributed by atoms with E-state index in [9.17, 15) is 4.79 Å². The van der Waals surface area contributed by atoms with Crippen LogP contribution in [0.1, 0.15) is 28.8 Å². The lowest BCUT2D eigenvalue weighted by molar-refractivity contribution is 0.0488. The first-order chi connectivity index (χ1) is 6.72. The van der Waals surface area contributed by atoms with Crippen LogP contribution < -0.4 is 0 Å². The van der Waals surface area contributed by atoms with E-state index in [-0.39, 0.29) is 5.76 Å². The molecule has 0 spiro atoms. The molecule has 0 unspecified atom stereocenters. The van der Waals surface area contributed by atoms with E-state index in [1.165, 1.54) is 0 Å². The van der Waals surface area contributed by atoms with Gasteiger partial charge in [-0.1, -0.05) is 15.9 Å². The SMILES string of the molecule is CCOC(=O)c1cc(CCl)c(CBr)o1. The molecule has 0 amide bonds. The number of halogens is 2. The molecular formula is C9H10BrClO3. The standard InChI is InChI=1S/C9H10BrClO3/c1-2-13-9(12)7-3-6(5-11)8(4-10)14-7/h3H,2,4-5H2,1H3. The van der Waals surface area contributed by atoms with Crippen LogP contribution in [0.15, 0.2) is 10.5 Å². The molecule has 1 heterocycles. The molecule has 1 rings (SSSR count). The van der Waals surface area contributed by atoms with Gasteiger partial charge in [0, 0.05) is 5.56 Å². The van der Waals surface area contributed by atoms with Crippen LogP contribution in [-0.2, 0) is 15.9 Å². The Kier molecular flexibility index (Phi) is 4.48. The molecule has 0 fully saturated rings. The summed E-state index contributed by atoms with van der Waals surface area (Å²) in [5.41, 5.74) is 0.812. The Morgan fingerprint density at radius 2 is 2.43 bits per heavy atom. The summed E-state index contributed by atoms with van der Waals surface area (Å²) in [5, 5.41) is 0.536. The van der Waals surface area contributed by atoms with E-state index in [0.717, 1.165) is 5.56 Å². The highest BCUT2D eigenvalue weighted by Crippen LogP contribution is 2.20. The molecule has 0 radical (unpaired) electrons. The maximum atomic E-state index is 11.3. The third-order valence-electron chi connectivity index (χ3n) is 1.64. The van der Waals surface area contributed by atoms with Crippen LogP contribution in [0, 0.1) is 0 Å². The first-order valence-corrected chi connectivity index (χ1v) is 5.79. The highest BCUT2D eigenvalue weighted by atomic mass is 79.9. The Balaban J connectivity index is 2.88. The minimum absolute atomic E-state index is 0.206. The van der Waals surface area contributed by atoms with Crippen LogP contribution in [0.25, 0.3) is 0 Å². The average molecular weight is 282 g/mol. The molecule has 1 aromatic rings. The lowest BCUT2D eigenvalue weighted by atomic mass is 10.3. The Morgan fingerprint density at radius 1 is 1.71 bits per heavy atom. The van der Waals surface area contributed by atoms with Gasteiger partial charge >= 0.3 is 5.97 Å². The van der Waals surface area contributed by atoms with E-state index in [1.54, 1.807) is 13.0 Å². The second-order valence-corrected chi connectivity index (χ2v) is 3.37. The van der Waals surface area contributed by atoms with Crippen molar-refractivity contribution in [2.24, 2.45) is 0 Å². The summed E-state index contributed by atoms with van der Waals surface area (Å²) in [6, 6.07) is 1.61. The van der Waals surface area contributed by atoms with E-state index in [4.69, 9.17) is 20.8 Å². The van der Waals surface area contributed by atoms with Gasteiger partial charge in [0.2, 0.25) is 5.76 Å². The number of alkyl halides is 2. The Labute approximate surface area is 95.5 Å². The minimum Gasteiger partial charge on any atom is -0.460 e. The average Bonchev–Trinajstić information content (AvgIpc) is 2.61. The van der Waals surface area contributed by atoms with E-state index in [1.807, 2.05) is 0 Å².